The number of rotatable bonds is 4. The Hall–Kier alpha value is -1.09. The number of piperidine rings is 1. The Morgan fingerprint density at radius 2 is 2.12 bits per heavy atom. The number of benzene rings is 1. The molecule has 0 amide bonds. The topological polar surface area (TPSA) is 15.3 Å². The van der Waals surface area contributed by atoms with Crippen molar-refractivity contribution >= 4 is 5.69 Å². The van der Waals surface area contributed by atoms with Gasteiger partial charge in [-0.3, -0.25) is 0 Å². The number of hydrogen-bond donors (Lipinski definition) is 1. The monoisotopic (exact) mass is 236 g/mol. The Balaban J connectivity index is 1.86. The Labute approximate surface area is 103 Å². The first-order valence-corrected chi connectivity index (χ1v) is 6.44. The zero-order chi connectivity index (χ0) is 12.1. The highest BCUT2D eigenvalue weighted by Crippen LogP contribution is 2.25. The highest BCUT2D eigenvalue weighted by Gasteiger charge is 2.18. The maximum absolute atomic E-state index is 13.1. The molecule has 1 aromatic rings. The molecule has 1 aliphatic heterocycles. The van der Waals surface area contributed by atoms with Crippen molar-refractivity contribution in [3.8, 4) is 0 Å². The smallest absolute Gasteiger partial charge is 0.125 e. The van der Waals surface area contributed by atoms with Gasteiger partial charge in [0.25, 0.3) is 0 Å². The van der Waals surface area contributed by atoms with Crippen molar-refractivity contribution in [2.24, 2.45) is 5.92 Å². The maximum Gasteiger partial charge on any atom is 0.125 e. The van der Waals surface area contributed by atoms with Crippen molar-refractivity contribution in [1.82, 2.24) is 5.32 Å². The lowest BCUT2D eigenvalue weighted by molar-refractivity contribution is 0.378. The van der Waals surface area contributed by atoms with Gasteiger partial charge >= 0.3 is 0 Å². The van der Waals surface area contributed by atoms with Gasteiger partial charge in [0.1, 0.15) is 5.82 Å². The van der Waals surface area contributed by atoms with Crippen molar-refractivity contribution in [2.45, 2.75) is 19.3 Å². The van der Waals surface area contributed by atoms with Crippen LogP contribution in [-0.4, -0.2) is 26.7 Å². The van der Waals surface area contributed by atoms with E-state index in [-0.39, 0.29) is 5.82 Å². The van der Waals surface area contributed by atoms with Crippen LogP contribution in [0.3, 0.4) is 0 Å². The third kappa shape index (κ3) is 3.43. The minimum absolute atomic E-state index is 0.139. The molecule has 1 aliphatic rings. The van der Waals surface area contributed by atoms with Crippen molar-refractivity contribution in [3.05, 3.63) is 30.1 Å². The summed E-state index contributed by atoms with van der Waals surface area (Å²) in [5, 5.41) is 3.20. The van der Waals surface area contributed by atoms with Crippen LogP contribution < -0.4 is 10.2 Å². The predicted octanol–water partition coefficient (Wildman–Crippen LogP) is 2.65. The summed E-state index contributed by atoms with van der Waals surface area (Å²) in [7, 11) is 2.00. The minimum atomic E-state index is -0.139. The second kappa shape index (κ2) is 6.01. The molecule has 0 bridgehead atoms. The molecule has 2 nitrogen and oxygen atoms in total. The minimum Gasteiger partial charge on any atom is -0.371 e. The summed E-state index contributed by atoms with van der Waals surface area (Å²) in [5.74, 6) is 0.687. The van der Waals surface area contributed by atoms with E-state index >= 15 is 0 Å². The first-order chi connectivity index (χ1) is 8.29. The lowest BCUT2D eigenvalue weighted by Gasteiger charge is -2.33. The summed E-state index contributed by atoms with van der Waals surface area (Å²) in [6.45, 7) is 3.21. The lowest BCUT2D eigenvalue weighted by Crippen LogP contribution is -2.34. The lowest BCUT2D eigenvalue weighted by atomic mass is 9.93. The van der Waals surface area contributed by atoms with E-state index < -0.39 is 0 Å². The molecule has 0 aliphatic carbocycles. The van der Waals surface area contributed by atoms with E-state index in [0.29, 0.717) is 0 Å². The summed E-state index contributed by atoms with van der Waals surface area (Å²) in [6, 6.07) is 6.92. The van der Waals surface area contributed by atoms with Crippen LogP contribution in [0.5, 0.6) is 0 Å². The summed E-state index contributed by atoms with van der Waals surface area (Å²) < 4.78 is 13.1. The molecule has 0 unspecified atom stereocenters. The summed E-state index contributed by atoms with van der Waals surface area (Å²) in [4.78, 5) is 2.29. The number of anilines is 1. The molecule has 1 fully saturated rings. The van der Waals surface area contributed by atoms with Gasteiger partial charge in [0, 0.05) is 18.8 Å². The average molecular weight is 236 g/mol. The van der Waals surface area contributed by atoms with Gasteiger partial charge in [0.15, 0.2) is 0 Å². The molecule has 1 N–H and O–H groups in total. The molecule has 0 saturated carbocycles. The van der Waals surface area contributed by atoms with Gasteiger partial charge in [-0.25, -0.2) is 4.39 Å². The molecular weight excluding hydrogens is 215 g/mol. The van der Waals surface area contributed by atoms with E-state index in [2.05, 4.69) is 10.2 Å². The number of halogens is 1. The van der Waals surface area contributed by atoms with Crippen LogP contribution in [0.1, 0.15) is 19.3 Å². The Morgan fingerprint density at radius 1 is 1.35 bits per heavy atom. The molecule has 1 heterocycles. The van der Waals surface area contributed by atoms with Gasteiger partial charge in [-0.15, -0.1) is 0 Å². The van der Waals surface area contributed by atoms with Crippen LogP contribution in [0.25, 0.3) is 0 Å². The van der Waals surface area contributed by atoms with Crippen LogP contribution in [0.4, 0.5) is 10.1 Å². The molecule has 17 heavy (non-hydrogen) atoms. The van der Waals surface area contributed by atoms with Crippen molar-refractivity contribution < 1.29 is 4.39 Å². The molecule has 94 valence electrons. The maximum atomic E-state index is 13.1. The van der Waals surface area contributed by atoms with Gasteiger partial charge in [-0.05, 0) is 57.0 Å². The molecule has 0 atom stereocenters. The summed E-state index contributed by atoms with van der Waals surface area (Å²) in [5.41, 5.74) is 1.03. The van der Waals surface area contributed by atoms with E-state index in [1.165, 1.54) is 25.3 Å². The molecule has 0 aromatic heterocycles. The Bertz CT molecular complexity index is 346. The zero-order valence-electron chi connectivity index (χ0n) is 10.5. The van der Waals surface area contributed by atoms with Crippen LogP contribution in [0.15, 0.2) is 24.3 Å². The number of nitrogens with one attached hydrogen (secondary N) is 1. The van der Waals surface area contributed by atoms with Crippen molar-refractivity contribution in [3.63, 3.8) is 0 Å². The van der Waals surface area contributed by atoms with Crippen LogP contribution >= 0.6 is 0 Å². The van der Waals surface area contributed by atoms with E-state index in [1.54, 1.807) is 12.1 Å². The van der Waals surface area contributed by atoms with Crippen LogP contribution in [0, 0.1) is 11.7 Å². The molecule has 1 saturated heterocycles. The molecular formula is C14H21FN2. The van der Waals surface area contributed by atoms with Gasteiger partial charge in [0.05, 0.1) is 0 Å². The van der Waals surface area contributed by atoms with Crippen LogP contribution in [0.2, 0.25) is 0 Å². The largest absolute Gasteiger partial charge is 0.371 e. The number of nitrogens with zero attached hydrogens (tertiary/aromatic N) is 1. The summed E-state index contributed by atoms with van der Waals surface area (Å²) in [6.07, 6.45) is 3.70. The quantitative estimate of drug-likeness (QED) is 0.864. The molecule has 1 aromatic carbocycles. The highest BCUT2D eigenvalue weighted by atomic mass is 19.1. The summed E-state index contributed by atoms with van der Waals surface area (Å²) >= 11 is 0. The SMILES string of the molecule is CNCCC1CCN(c2cccc(F)c2)CC1. The first kappa shape index (κ1) is 12.4. The normalized spacial score (nSPS) is 17.4. The van der Waals surface area contributed by atoms with E-state index in [9.17, 15) is 4.39 Å². The first-order valence-electron chi connectivity index (χ1n) is 6.44. The van der Waals surface area contributed by atoms with Crippen molar-refractivity contribution in [1.29, 1.82) is 0 Å². The van der Waals surface area contributed by atoms with E-state index in [0.717, 1.165) is 31.2 Å². The third-order valence-electron chi connectivity index (χ3n) is 3.59. The Kier molecular flexibility index (Phi) is 4.37. The standard InChI is InChI=1S/C14H21FN2/c1-16-8-5-12-6-9-17(10-7-12)14-4-2-3-13(15)11-14/h2-4,11-12,16H,5-10H2,1H3. The fourth-order valence-corrected chi connectivity index (χ4v) is 2.50. The van der Waals surface area contributed by atoms with Crippen LogP contribution in [-0.2, 0) is 0 Å². The van der Waals surface area contributed by atoms with Crippen molar-refractivity contribution in [2.75, 3.05) is 31.6 Å². The molecule has 3 heteroatoms. The number of hydrogen-bond acceptors (Lipinski definition) is 2. The van der Waals surface area contributed by atoms with Gasteiger partial charge < -0.3 is 10.2 Å². The molecule has 0 spiro atoms. The van der Waals surface area contributed by atoms with Gasteiger partial charge in [0.2, 0.25) is 0 Å². The fourth-order valence-electron chi connectivity index (χ4n) is 2.50. The Morgan fingerprint density at radius 3 is 2.76 bits per heavy atom. The van der Waals surface area contributed by atoms with Gasteiger partial charge in [-0.1, -0.05) is 6.07 Å². The molecule has 0 radical (unpaired) electrons. The van der Waals surface area contributed by atoms with E-state index in [4.69, 9.17) is 0 Å². The van der Waals surface area contributed by atoms with Gasteiger partial charge in [-0.2, -0.15) is 0 Å². The highest BCUT2D eigenvalue weighted by molar-refractivity contribution is 5.46. The average Bonchev–Trinajstić information content (AvgIpc) is 2.37. The second-order valence-electron chi connectivity index (χ2n) is 4.80. The predicted molar refractivity (Wildman–Crippen MR) is 69.9 cm³/mol. The fraction of sp³-hybridized carbons (Fsp3) is 0.571. The molecule has 2 rings (SSSR count). The van der Waals surface area contributed by atoms with E-state index in [1.807, 2.05) is 13.1 Å². The third-order valence-corrected chi connectivity index (χ3v) is 3.59. The zero-order valence-corrected chi connectivity index (χ0v) is 10.5. The second-order valence-corrected chi connectivity index (χ2v) is 4.80.